The number of nitrogens with two attached hydrogens (primary N) is 1. The number of unbranched alkanes of at least 4 members (excludes halogenated alkanes) is 4. The Labute approximate surface area is 200 Å². The van der Waals surface area contributed by atoms with Gasteiger partial charge in [0.2, 0.25) is 0 Å². The van der Waals surface area contributed by atoms with Gasteiger partial charge in [0.1, 0.15) is 6.61 Å². The van der Waals surface area contributed by atoms with Gasteiger partial charge in [0.25, 0.3) is 11.8 Å². The number of nitrogens with zero attached hydrogens (tertiary/aromatic N) is 3. The molecule has 1 saturated heterocycles. The number of carbonyl (C=O) groups is 3. The van der Waals surface area contributed by atoms with Crippen LogP contribution in [0.3, 0.4) is 0 Å². The van der Waals surface area contributed by atoms with Gasteiger partial charge < -0.3 is 15.4 Å². The number of anilines is 1. The van der Waals surface area contributed by atoms with Crippen LogP contribution in [0.5, 0.6) is 0 Å². The van der Waals surface area contributed by atoms with Crippen molar-refractivity contribution >= 4 is 34.4 Å². The van der Waals surface area contributed by atoms with Crippen LogP contribution in [0.2, 0.25) is 0 Å². The van der Waals surface area contributed by atoms with Crippen LogP contribution in [0.15, 0.2) is 30.3 Å². The largest absolute Gasteiger partial charge is 0.448 e. The van der Waals surface area contributed by atoms with Gasteiger partial charge >= 0.3 is 6.09 Å². The van der Waals surface area contributed by atoms with Crippen molar-refractivity contribution in [1.82, 2.24) is 9.80 Å². The molecule has 0 spiro atoms. The minimum atomic E-state index is -0.749. The molecule has 3 amide bonds. The molecule has 4 rings (SSSR count). The van der Waals surface area contributed by atoms with E-state index >= 15 is 0 Å². The second-order valence-corrected chi connectivity index (χ2v) is 9.03. The maximum Gasteiger partial charge on any atom is 0.404 e. The zero-order valence-electron chi connectivity index (χ0n) is 19.9. The molecule has 2 aliphatic rings. The number of primary amides is 1. The van der Waals surface area contributed by atoms with Crippen LogP contribution < -0.4 is 10.6 Å². The summed E-state index contributed by atoms with van der Waals surface area (Å²) < 4.78 is 4.85. The van der Waals surface area contributed by atoms with Gasteiger partial charge in [-0.1, -0.05) is 44.7 Å². The highest BCUT2D eigenvalue weighted by molar-refractivity contribution is 6.26. The average Bonchev–Trinajstić information content (AvgIpc) is 2.84. The van der Waals surface area contributed by atoms with Gasteiger partial charge in [0, 0.05) is 66.9 Å². The molecule has 1 fully saturated rings. The number of hydrogen-bond acceptors (Lipinski definition) is 6. The lowest BCUT2D eigenvalue weighted by Crippen LogP contribution is -2.47. The first kappa shape index (κ1) is 24.0. The van der Waals surface area contributed by atoms with E-state index in [-0.39, 0.29) is 18.4 Å². The number of piperazine rings is 1. The molecule has 2 N–H and O–H groups in total. The summed E-state index contributed by atoms with van der Waals surface area (Å²) in [7, 11) is 0. The van der Waals surface area contributed by atoms with E-state index in [1.165, 1.54) is 11.3 Å². The molecule has 8 heteroatoms. The Hall–Kier alpha value is -3.13. The Morgan fingerprint density at radius 3 is 2.32 bits per heavy atom. The van der Waals surface area contributed by atoms with Crippen LogP contribution >= 0.6 is 0 Å². The average molecular weight is 467 g/mol. The Balaban J connectivity index is 1.49. The van der Waals surface area contributed by atoms with Crippen molar-refractivity contribution < 1.29 is 19.1 Å². The molecule has 0 unspecified atom stereocenters. The fourth-order valence-electron chi connectivity index (χ4n) is 4.97. The molecule has 0 atom stereocenters. The molecule has 0 radical (unpaired) electrons. The van der Waals surface area contributed by atoms with E-state index in [4.69, 9.17) is 10.5 Å². The van der Waals surface area contributed by atoms with Crippen molar-refractivity contribution in [3.05, 3.63) is 41.5 Å². The van der Waals surface area contributed by atoms with Crippen LogP contribution in [-0.2, 0) is 4.74 Å². The third-order valence-electron chi connectivity index (χ3n) is 6.82. The lowest BCUT2D eigenvalue weighted by Gasteiger charge is -2.37. The number of benzene rings is 2. The first-order valence-electron chi connectivity index (χ1n) is 12.3. The maximum absolute atomic E-state index is 13.3. The predicted molar refractivity (Wildman–Crippen MR) is 132 cm³/mol. The molecule has 0 aliphatic carbocycles. The van der Waals surface area contributed by atoms with E-state index in [1.54, 1.807) is 0 Å². The smallest absolute Gasteiger partial charge is 0.404 e. The quantitative estimate of drug-likeness (QED) is 0.424. The fourth-order valence-corrected chi connectivity index (χ4v) is 4.97. The van der Waals surface area contributed by atoms with E-state index in [9.17, 15) is 14.4 Å². The van der Waals surface area contributed by atoms with Gasteiger partial charge in [-0.2, -0.15) is 0 Å². The molecule has 182 valence electrons. The summed E-state index contributed by atoms with van der Waals surface area (Å²) in [5.74, 6) is -0.370. The predicted octanol–water partition coefficient (Wildman–Crippen LogP) is 3.62. The van der Waals surface area contributed by atoms with E-state index < -0.39 is 6.09 Å². The summed E-state index contributed by atoms with van der Waals surface area (Å²) >= 11 is 0. The molecule has 34 heavy (non-hydrogen) atoms. The van der Waals surface area contributed by atoms with Crippen molar-refractivity contribution in [3.8, 4) is 0 Å². The van der Waals surface area contributed by atoms with Gasteiger partial charge in [-0.25, -0.2) is 4.79 Å². The van der Waals surface area contributed by atoms with Crippen molar-refractivity contribution in [2.24, 2.45) is 5.73 Å². The summed E-state index contributed by atoms with van der Waals surface area (Å²) in [5.41, 5.74) is 7.30. The summed E-state index contributed by atoms with van der Waals surface area (Å²) in [4.78, 5) is 43.2. The second kappa shape index (κ2) is 10.9. The minimum absolute atomic E-state index is 0.185. The lowest BCUT2D eigenvalue weighted by atomic mass is 9.92. The Kier molecular flexibility index (Phi) is 7.67. The van der Waals surface area contributed by atoms with Crippen molar-refractivity contribution in [2.75, 3.05) is 50.8 Å². The molecule has 2 aromatic carbocycles. The minimum Gasteiger partial charge on any atom is -0.448 e. The van der Waals surface area contributed by atoms with Crippen LogP contribution in [0.1, 0.15) is 59.7 Å². The Bertz CT molecular complexity index is 1040. The van der Waals surface area contributed by atoms with Gasteiger partial charge in [-0.05, 0) is 24.6 Å². The van der Waals surface area contributed by atoms with Gasteiger partial charge in [-0.3, -0.25) is 19.4 Å². The first-order chi connectivity index (χ1) is 16.5. The molecule has 2 aliphatic heterocycles. The maximum atomic E-state index is 13.3. The summed E-state index contributed by atoms with van der Waals surface area (Å²) in [5, 5.41) is 1.72. The zero-order chi connectivity index (χ0) is 24.1. The van der Waals surface area contributed by atoms with Crippen LogP contribution in [-0.4, -0.2) is 73.6 Å². The van der Waals surface area contributed by atoms with Crippen molar-refractivity contribution in [3.63, 3.8) is 0 Å². The lowest BCUT2D eigenvalue weighted by molar-refractivity contribution is 0.0607. The summed E-state index contributed by atoms with van der Waals surface area (Å²) in [6.45, 7) is 6.85. The number of amides is 3. The molecule has 0 aromatic heterocycles. The number of carbonyl (C=O) groups excluding carboxylic acids is 3. The van der Waals surface area contributed by atoms with Crippen molar-refractivity contribution in [2.45, 2.75) is 39.0 Å². The molecule has 2 heterocycles. The molecular weight excluding hydrogens is 432 g/mol. The van der Waals surface area contributed by atoms with Gasteiger partial charge in [-0.15, -0.1) is 0 Å². The molecule has 0 bridgehead atoms. The SMILES string of the molecule is CCCCCCCN1C(=O)c2cccc3c(N4CCN(CCOC(N)=O)CC4)ccc(c23)C1=O. The highest BCUT2D eigenvalue weighted by atomic mass is 16.5. The molecular formula is C26H34N4O4. The topological polar surface area (TPSA) is 96.2 Å². The third kappa shape index (κ3) is 5.01. The van der Waals surface area contributed by atoms with E-state index in [0.717, 1.165) is 68.3 Å². The number of hydrogen-bond donors (Lipinski definition) is 1. The Morgan fingerprint density at radius 2 is 1.62 bits per heavy atom. The standard InChI is InChI=1S/C26H34N4O4/c1-2-3-4-5-6-12-30-24(31)20-9-7-8-19-22(11-10-21(23(19)20)25(30)32)29-15-13-28(14-16-29)17-18-34-26(27)33/h7-11H,2-6,12-18H2,1H3,(H2,27,33). The van der Waals surface area contributed by atoms with E-state index in [1.807, 2.05) is 30.3 Å². The Morgan fingerprint density at radius 1 is 0.912 bits per heavy atom. The van der Waals surface area contributed by atoms with E-state index in [0.29, 0.717) is 24.2 Å². The zero-order valence-corrected chi connectivity index (χ0v) is 19.9. The first-order valence-corrected chi connectivity index (χ1v) is 12.3. The highest BCUT2D eigenvalue weighted by Crippen LogP contribution is 2.36. The molecule has 0 saturated carbocycles. The van der Waals surface area contributed by atoms with Crippen molar-refractivity contribution in [1.29, 1.82) is 0 Å². The van der Waals surface area contributed by atoms with Gasteiger partial charge in [0.05, 0.1) is 0 Å². The fraction of sp³-hybridized carbons (Fsp3) is 0.500. The van der Waals surface area contributed by atoms with Crippen LogP contribution in [0.25, 0.3) is 10.8 Å². The van der Waals surface area contributed by atoms with Gasteiger partial charge in [0.15, 0.2) is 0 Å². The number of ether oxygens (including phenoxy) is 1. The summed E-state index contributed by atoms with van der Waals surface area (Å²) in [6.07, 6.45) is 4.60. The number of rotatable bonds is 10. The van der Waals surface area contributed by atoms with Crippen LogP contribution in [0, 0.1) is 0 Å². The highest BCUT2D eigenvalue weighted by Gasteiger charge is 2.33. The molecule has 8 nitrogen and oxygen atoms in total. The second-order valence-electron chi connectivity index (χ2n) is 9.03. The monoisotopic (exact) mass is 466 g/mol. The normalized spacial score (nSPS) is 16.4. The van der Waals surface area contributed by atoms with Crippen LogP contribution in [0.4, 0.5) is 10.5 Å². The van der Waals surface area contributed by atoms with E-state index in [2.05, 4.69) is 16.7 Å². The summed E-state index contributed by atoms with van der Waals surface area (Å²) in [6, 6.07) is 9.65. The molecule has 2 aromatic rings. The third-order valence-corrected chi connectivity index (χ3v) is 6.82. The number of imide groups is 1.